The van der Waals surface area contributed by atoms with Crippen LogP contribution in [0.2, 0.25) is 0 Å². The third-order valence-corrected chi connectivity index (χ3v) is 11.1. The van der Waals surface area contributed by atoms with Gasteiger partial charge in [-0.15, -0.1) is 0 Å². The minimum absolute atomic E-state index is 0.113. The maximum Gasteiger partial charge on any atom is 0.315 e. The van der Waals surface area contributed by atoms with E-state index in [1.54, 1.807) is 13.8 Å². The quantitative estimate of drug-likeness (QED) is 0.0148. The molecule has 2 aliphatic rings. The van der Waals surface area contributed by atoms with Crippen LogP contribution < -0.4 is 59.5 Å². The summed E-state index contributed by atoms with van der Waals surface area (Å²) in [5.41, 5.74) is 12.0. The summed E-state index contributed by atoms with van der Waals surface area (Å²) in [5, 5.41) is 38.3. The van der Waals surface area contributed by atoms with Crippen molar-refractivity contribution in [3.8, 4) is 0 Å². The molecular weight excluding hydrogens is 827 g/mol. The molecule has 11 amide bonds. The highest BCUT2D eigenvalue weighted by atomic mass is 32.2. The van der Waals surface area contributed by atoms with Crippen molar-refractivity contribution in [2.24, 2.45) is 23.3 Å². The van der Waals surface area contributed by atoms with Crippen molar-refractivity contribution in [2.75, 3.05) is 25.4 Å². The van der Waals surface area contributed by atoms with Crippen LogP contribution in [-0.2, 0) is 47.9 Å². The molecule has 15 N–H and O–H groups in total. The molecule has 0 aromatic heterocycles. The van der Waals surface area contributed by atoms with Crippen molar-refractivity contribution in [3.63, 3.8) is 0 Å². The Labute approximate surface area is 356 Å². The van der Waals surface area contributed by atoms with Gasteiger partial charge in [-0.05, 0) is 44.4 Å². The van der Waals surface area contributed by atoms with Crippen LogP contribution in [0.1, 0.15) is 84.5 Å². The molecule has 342 valence electrons. The number of hydrogen-bond acceptors (Lipinski definition) is 13. The van der Waals surface area contributed by atoms with Gasteiger partial charge in [-0.2, -0.15) is 11.8 Å². The summed E-state index contributed by atoms with van der Waals surface area (Å²) in [5.74, 6) is -9.66. The van der Waals surface area contributed by atoms with Gasteiger partial charge in [0.15, 0.2) is 0 Å². The molecule has 2 heterocycles. The number of unbranched alkanes of at least 4 members (excludes halogenated alkanes) is 2. The average molecular weight is 886 g/mol. The second kappa shape index (κ2) is 26.5. The summed E-state index contributed by atoms with van der Waals surface area (Å²) in [7, 11) is 0. The van der Waals surface area contributed by atoms with Gasteiger partial charge in [0.1, 0.15) is 18.1 Å². The molecule has 2 rings (SSSR count). The monoisotopic (exact) mass is 885 g/mol. The standard InChI is InChI=1S/C36H59N11O13S/c1-18(2)11-19(12-27(50)47-60)33(56)43-22(14-30(53)54)35(58)44-21(13-25(37)48)34(57)41-15-28(51)40-16-29(52)42-20(32(38)55)7-5-6-10-39-26(49)9-4-3-8-24-31-23(17-61-24)45-36(59)46-31/h18-24,31,60H,3-17H2,1-2H3,(H2,37,48)(H2,38,55)(H,39,49)(H,40,51)(H,41,57)(H,42,52)(H,43,56)(H,44,58)(H,47,50)(H,53,54)(H2,45,46,59)/t19?,20-,21-,22-,23-,24-,31-/m0/s1. The zero-order valence-corrected chi connectivity index (χ0v) is 35.0. The van der Waals surface area contributed by atoms with Gasteiger partial charge < -0.3 is 59.1 Å². The van der Waals surface area contributed by atoms with Crippen LogP contribution in [0.3, 0.4) is 0 Å². The number of nitrogens with two attached hydrogens (primary N) is 2. The van der Waals surface area contributed by atoms with Gasteiger partial charge in [-0.25, -0.2) is 10.3 Å². The Kier molecular flexibility index (Phi) is 22.3. The molecule has 1 unspecified atom stereocenters. The lowest BCUT2D eigenvalue weighted by Gasteiger charge is -2.24. The van der Waals surface area contributed by atoms with Gasteiger partial charge in [-0.1, -0.05) is 20.3 Å². The summed E-state index contributed by atoms with van der Waals surface area (Å²) < 4.78 is 0. The molecule has 0 bridgehead atoms. The zero-order chi connectivity index (χ0) is 45.6. The van der Waals surface area contributed by atoms with Crippen molar-refractivity contribution < 1.29 is 63.1 Å². The lowest BCUT2D eigenvalue weighted by Crippen LogP contribution is -2.56. The maximum absolute atomic E-state index is 13.1. The minimum atomic E-state index is -1.79. The van der Waals surface area contributed by atoms with Gasteiger partial charge >= 0.3 is 12.0 Å². The number of carbonyl (C=O) groups excluding carboxylic acids is 10. The highest BCUT2D eigenvalue weighted by Crippen LogP contribution is 2.33. The number of thioether (sulfide) groups is 1. The zero-order valence-electron chi connectivity index (χ0n) is 34.2. The predicted octanol–water partition coefficient (Wildman–Crippen LogP) is -3.92. The predicted molar refractivity (Wildman–Crippen MR) is 215 cm³/mol. The van der Waals surface area contributed by atoms with E-state index in [1.807, 2.05) is 11.8 Å². The smallest absolute Gasteiger partial charge is 0.315 e. The Morgan fingerprint density at radius 2 is 1.41 bits per heavy atom. The minimum Gasteiger partial charge on any atom is -0.481 e. The van der Waals surface area contributed by atoms with Gasteiger partial charge in [-0.3, -0.25) is 53.2 Å². The Balaban J connectivity index is 1.76. The molecule has 24 nitrogen and oxygen atoms in total. The molecular formula is C36H59N11O13S. The van der Waals surface area contributed by atoms with Gasteiger partial charge in [0.25, 0.3) is 0 Å². The maximum atomic E-state index is 13.1. The second-order valence-corrected chi connectivity index (χ2v) is 16.5. The molecule has 2 fully saturated rings. The number of nitrogens with one attached hydrogen (secondary N) is 9. The Morgan fingerprint density at radius 3 is 2.05 bits per heavy atom. The van der Waals surface area contributed by atoms with E-state index >= 15 is 0 Å². The molecule has 25 heteroatoms. The van der Waals surface area contributed by atoms with Crippen molar-refractivity contribution in [1.29, 1.82) is 0 Å². The molecule has 0 radical (unpaired) electrons. The molecule has 0 saturated carbocycles. The van der Waals surface area contributed by atoms with Crippen molar-refractivity contribution in [2.45, 2.75) is 120 Å². The number of fused-ring (bicyclic) bond motifs is 1. The molecule has 7 atom stereocenters. The summed E-state index contributed by atoms with van der Waals surface area (Å²) >= 11 is 1.82. The highest BCUT2D eigenvalue weighted by Gasteiger charge is 2.42. The summed E-state index contributed by atoms with van der Waals surface area (Å²) in [6, 6.07) is -4.47. The van der Waals surface area contributed by atoms with Crippen LogP contribution in [-0.4, -0.2) is 136 Å². The third kappa shape index (κ3) is 19.9. The van der Waals surface area contributed by atoms with E-state index in [1.165, 1.54) is 5.48 Å². The van der Waals surface area contributed by atoms with E-state index in [9.17, 15) is 57.8 Å². The third-order valence-electron chi connectivity index (χ3n) is 9.60. The van der Waals surface area contributed by atoms with Crippen molar-refractivity contribution in [1.82, 2.24) is 48.0 Å². The number of hydrogen-bond donors (Lipinski definition) is 13. The number of primary amides is 2. The molecule has 0 spiro atoms. The second-order valence-electron chi connectivity index (χ2n) is 15.2. The number of aliphatic carboxylic acids is 1. The normalized spacial score (nSPS) is 18.4. The van der Waals surface area contributed by atoms with Gasteiger partial charge in [0.2, 0.25) is 53.2 Å². The molecule has 0 aliphatic carbocycles. The van der Waals surface area contributed by atoms with E-state index in [0.717, 1.165) is 18.6 Å². The van der Waals surface area contributed by atoms with Gasteiger partial charge in [0, 0.05) is 36.3 Å². The molecule has 0 aromatic rings. The highest BCUT2D eigenvalue weighted by molar-refractivity contribution is 8.00. The Bertz CT molecular complexity index is 1620. The fraction of sp³-hybridized carbons (Fsp3) is 0.694. The fourth-order valence-corrected chi connectivity index (χ4v) is 8.15. The van der Waals surface area contributed by atoms with E-state index in [4.69, 9.17) is 16.7 Å². The van der Waals surface area contributed by atoms with E-state index in [0.29, 0.717) is 37.5 Å². The first-order valence-corrected chi connectivity index (χ1v) is 21.0. The SMILES string of the molecule is CC(C)CC(CC(=O)NO)C(=O)N[C@@H](CC(=O)O)C(=O)N[C@@H](CC(N)=O)C(=O)NCC(=O)NCC(=O)N[C@@H](CCCCNC(=O)CCCC[C@@H]1SC[C@@H]2NC(=O)N[C@@H]21)C(N)=O. The molecule has 61 heavy (non-hydrogen) atoms. The summed E-state index contributed by atoms with van der Waals surface area (Å²) in [4.78, 5) is 135. The molecule has 2 saturated heterocycles. The average Bonchev–Trinajstić information content (AvgIpc) is 3.74. The number of amides is 11. The number of carboxylic acids is 1. The largest absolute Gasteiger partial charge is 0.481 e. The molecule has 2 aliphatic heterocycles. The topological polar surface area (TPSA) is 389 Å². The van der Waals surface area contributed by atoms with Crippen LogP contribution in [0.5, 0.6) is 0 Å². The number of rotatable bonds is 29. The summed E-state index contributed by atoms with van der Waals surface area (Å²) in [6.45, 7) is 2.43. The van der Waals surface area contributed by atoms with E-state index in [2.05, 4.69) is 42.5 Å². The lowest BCUT2D eigenvalue weighted by molar-refractivity contribution is -0.142. The van der Waals surface area contributed by atoms with E-state index < -0.39 is 110 Å². The number of urea groups is 1. The van der Waals surface area contributed by atoms with Crippen LogP contribution >= 0.6 is 11.8 Å². The number of carboxylic acid groups (broad SMARTS) is 1. The number of hydroxylamine groups is 1. The van der Waals surface area contributed by atoms with E-state index in [-0.39, 0.29) is 42.8 Å². The van der Waals surface area contributed by atoms with Crippen LogP contribution in [0.4, 0.5) is 4.79 Å². The number of carbonyl (C=O) groups is 11. The van der Waals surface area contributed by atoms with Crippen molar-refractivity contribution in [3.05, 3.63) is 0 Å². The first-order chi connectivity index (χ1) is 28.8. The fourth-order valence-electron chi connectivity index (χ4n) is 6.60. The first-order valence-electron chi connectivity index (χ1n) is 19.9. The first kappa shape index (κ1) is 51.4. The molecule has 0 aromatic carbocycles. The van der Waals surface area contributed by atoms with Crippen molar-refractivity contribution >= 4 is 76.9 Å². The van der Waals surface area contributed by atoms with Crippen LogP contribution in [0.15, 0.2) is 0 Å². The summed E-state index contributed by atoms with van der Waals surface area (Å²) in [6.07, 6.45) is 1.72. The van der Waals surface area contributed by atoms with Gasteiger partial charge in [0.05, 0.1) is 38.0 Å². The Hall–Kier alpha value is -5.72. The van der Waals surface area contributed by atoms with Crippen LogP contribution in [0.25, 0.3) is 0 Å². The Morgan fingerprint density at radius 1 is 0.738 bits per heavy atom. The van der Waals surface area contributed by atoms with Crippen LogP contribution in [0, 0.1) is 11.8 Å². The lowest BCUT2D eigenvalue weighted by atomic mass is 9.92.